The standard InChI is InChI=1S/C24H34FN5O5/c1-6-14(7-2)21(31)33-12-24(10-5)16(34-22(32)15(8-3)9-4)11-17(35-24)30-13-27-18-19(26)28-23(25)29-20(18)30/h5,13-17,21,31H,6-9,11-12H2,1-4H3,(H2,26,28,29)/t16-,17+,21?,24+/m0/s1. The first-order chi connectivity index (χ1) is 16.7. The SMILES string of the molecule is C#C[C@]1(COC(O)C(CC)CC)O[C@@H](n2cnc3c(N)nc(F)nc32)C[C@@H]1OC(=O)C(CC)CC. The molecule has 0 radical (unpaired) electrons. The van der Waals surface area contributed by atoms with Crippen molar-refractivity contribution in [1.29, 1.82) is 0 Å². The number of carbonyl (C=O) groups is 1. The number of rotatable bonds is 11. The molecular weight excluding hydrogens is 457 g/mol. The second kappa shape index (κ2) is 11.3. The molecule has 1 aliphatic rings. The van der Waals surface area contributed by atoms with Gasteiger partial charge in [-0.3, -0.25) is 9.36 Å². The largest absolute Gasteiger partial charge is 0.458 e. The second-order valence-corrected chi connectivity index (χ2v) is 8.76. The van der Waals surface area contributed by atoms with Crippen molar-refractivity contribution in [3.05, 3.63) is 12.4 Å². The molecule has 0 amide bonds. The number of anilines is 1. The molecule has 0 spiro atoms. The molecule has 10 nitrogen and oxygen atoms in total. The molecule has 1 saturated heterocycles. The Morgan fingerprint density at radius 1 is 1.34 bits per heavy atom. The van der Waals surface area contributed by atoms with E-state index in [1.165, 1.54) is 10.9 Å². The van der Waals surface area contributed by atoms with Crippen molar-refractivity contribution in [2.45, 2.75) is 84.0 Å². The number of ether oxygens (including phenoxy) is 3. The van der Waals surface area contributed by atoms with E-state index in [2.05, 4.69) is 20.9 Å². The fourth-order valence-corrected chi connectivity index (χ4v) is 4.37. The molecule has 2 aromatic rings. The van der Waals surface area contributed by atoms with Gasteiger partial charge in [0, 0.05) is 12.3 Å². The molecule has 11 heteroatoms. The van der Waals surface area contributed by atoms with Crippen LogP contribution in [0.25, 0.3) is 11.2 Å². The molecule has 4 atom stereocenters. The van der Waals surface area contributed by atoms with Crippen LogP contribution in [0, 0.1) is 30.3 Å². The Kier molecular flexibility index (Phi) is 8.64. The smallest absolute Gasteiger partial charge is 0.312 e. The van der Waals surface area contributed by atoms with E-state index in [1.807, 2.05) is 27.7 Å². The van der Waals surface area contributed by atoms with Crippen LogP contribution in [0.15, 0.2) is 6.33 Å². The number of terminal acetylenes is 1. The van der Waals surface area contributed by atoms with Crippen LogP contribution >= 0.6 is 0 Å². The van der Waals surface area contributed by atoms with Gasteiger partial charge in [0.15, 0.2) is 28.9 Å². The first-order valence-electron chi connectivity index (χ1n) is 12.0. The molecule has 2 aromatic heterocycles. The topological polar surface area (TPSA) is 135 Å². The number of halogens is 1. The first-order valence-corrected chi connectivity index (χ1v) is 12.0. The summed E-state index contributed by atoms with van der Waals surface area (Å²) in [6.07, 6.45) is 6.33. The highest BCUT2D eigenvalue weighted by atomic mass is 19.1. The van der Waals surface area contributed by atoms with Crippen molar-refractivity contribution in [2.75, 3.05) is 12.3 Å². The number of nitrogens with two attached hydrogens (primary N) is 1. The minimum atomic E-state index is -1.49. The lowest BCUT2D eigenvalue weighted by molar-refractivity contribution is -0.193. The summed E-state index contributed by atoms with van der Waals surface area (Å²) in [5, 5.41) is 10.5. The lowest BCUT2D eigenvalue weighted by Crippen LogP contribution is -2.47. The van der Waals surface area contributed by atoms with E-state index in [0.717, 1.165) is 0 Å². The lowest BCUT2D eigenvalue weighted by Gasteiger charge is -2.31. The van der Waals surface area contributed by atoms with Crippen LogP contribution in [0.3, 0.4) is 0 Å². The van der Waals surface area contributed by atoms with Gasteiger partial charge in [0.2, 0.25) is 0 Å². The van der Waals surface area contributed by atoms with E-state index >= 15 is 0 Å². The number of nitrogens with zero attached hydrogens (tertiary/aromatic N) is 4. The van der Waals surface area contributed by atoms with Gasteiger partial charge in [0.25, 0.3) is 0 Å². The molecule has 0 aromatic carbocycles. The van der Waals surface area contributed by atoms with Gasteiger partial charge in [0.1, 0.15) is 12.3 Å². The first kappa shape index (κ1) is 26.8. The van der Waals surface area contributed by atoms with Crippen LogP contribution in [0.2, 0.25) is 0 Å². The Hall–Kier alpha value is -2.81. The summed E-state index contributed by atoms with van der Waals surface area (Å²) in [5.74, 6) is 1.71. The van der Waals surface area contributed by atoms with Crippen molar-refractivity contribution in [1.82, 2.24) is 19.5 Å². The zero-order valence-electron chi connectivity index (χ0n) is 20.6. The number of carbonyl (C=O) groups excluding carboxylic acids is 1. The van der Waals surface area contributed by atoms with Crippen LogP contribution < -0.4 is 5.73 Å². The summed E-state index contributed by atoms with van der Waals surface area (Å²) in [4.78, 5) is 24.3. The number of aliphatic hydroxyl groups is 1. The zero-order chi connectivity index (χ0) is 25.8. The van der Waals surface area contributed by atoms with Crippen molar-refractivity contribution >= 4 is 23.0 Å². The fourth-order valence-electron chi connectivity index (χ4n) is 4.37. The monoisotopic (exact) mass is 491 g/mol. The highest BCUT2D eigenvalue weighted by Crippen LogP contribution is 2.41. The predicted octanol–water partition coefficient (Wildman–Crippen LogP) is 2.96. The maximum Gasteiger partial charge on any atom is 0.312 e. The fraction of sp³-hybridized carbons (Fsp3) is 0.667. The van der Waals surface area contributed by atoms with Gasteiger partial charge in [0.05, 0.1) is 18.9 Å². The van der Waals surface area contributed by atoms with Gasteiger partial charge in [-0.05, 0) is 25.7 Å². The predicted molar refractivity (Wildman–Crippen MR) is 126 cm³/mol. The maximum atomic E-state index is 13.9. The summed E-state index contributed by atoms with van der Waals surface area (Å²) in [6, 6.07) is 0. The van der Waals surface area contributed by atoms with Gasteiger partial charge >= 0.3 is 12.0 Å². The van der Waals surface area contributed by atoms with E-state index in [4.69, 9.17) is 26.4 Å². The van der Waals surface area contributed by atoms with Gasteiger partial charge in [-0.2, -0.15) is 14.4 Å². The van der Waals surface area contributed by atoms with Crippen molar-refractivity contribution < 1.29 is 28.5 Å². The summed E-state index contributed by atoms with van der Waals surface area (Å²) >= 11 is 0. The molecular formula is C24H34FN5O5. The van der Waals surface area contributed by atoms with E-state index in [1.54, 1.807) is 0 Å². The Balaban J connectivity index is 1.94. The Labute approximate surface area is 204 Å². The minimum absolute atomic E-state index is 0.0900. The molecule has 0 aliphatic carbocycles. The quantitative estimate of drug-likeness (QED) is 0.210. The third-order valence-electron chi connectivity index (χ3n) is 6.76. The molecule has 35 heavy (non-hydrogen) atoms. The van der Waals surface area contributed by atoms with E-state index < -0.39 is 36.3 Å². The molecule has 1 aliphatic heterocycles. The molecule has 3 heterocycles. The third kappa shape index (κ3) is 5.39. The molecule has 0 saturated carbocycles. The maximum absolute atomic E-state index is 13.9. The Bertz CT molecular complexity index is 1060. The normalized spacial score (nSPS) is 23.2. The van der Waals surface area contributed by atoms with Gasteiger partial charge < -0.3 is 25.1 Å². The highest BCUT2D eigenvalue weighted by molar-refractivity contribution is 5.81. The number of hydrogen-bond donors (Lipinski definition) is 2. The number of aromatic nitrogens is 4. The van der Waals surface area contributed by atoms with Crippen molar-refractivity contribution in [3.8, 4) is 12.3 Å². The molecule has 1 fully saturated rings. The molecule has 1 unspecified atom stereocenters. The molecule has 0 bridgehead atoms. The molecule has 3 N–H and O–H groups in total. The number of hydrogen-bond acceptors (Lipinski definition) is 9. The lowest BCUT2D eigenvalue weighted by atomic mass is 9.97. The molecule has 3 rings (SSSR count). The average Bonchev–Trinajstić information content (AvgIpc) is 3.41. The van der Waals surface area contributed by atoms with Crippen molar-refractivity contribution in [2.24, 2.45) is 11.8 Å². The number of imidazole rings is 1. The highest BCUT2D eigenvalue weighted by Gasteiger charge is 2.52. The zero-order valence-corrected chi connectivity index (χ0v) is 20.6. The van der Waals surface area contributed by atoms with Crippen molar-refractivity contribution in [3.63, 3.8) is 0 Å². The van der Waals surface area contributed by atoms with Crippen LogP contribution in [0.5, 0.6) is 0 Å². The van der Waals surface area contributed by atoms with E-state index in [0.29, 0.717) is 25.7 Å². The number of esters is 1. The van der Waals surface area contributed by atoms with E-state index in [-0.39, 0.29) is 41.8 Å². The van der Waals surface area contributed by atoms with Crippen LogP contribution in [0.4, 0.5) is 10.2 Å². The Morgan fingerprint density at radius 2 is 2.03 bits per heavy atom. The summed E-state index contributed by atoms with van der Waals surface area (Å²) < 4.78 is 33.2. The van der Waals surface area contributed by atoms with Gasteiger partial charge in [-0.1, -0.05) is 33.6 Å². The number of nitrogen functional groups attached to an aromatic ring is 1. The van der Waals surface area contributed by atoms with Gasteiger partial charge in [-0.25, -0.2) is 4.98 Å². The Morgan fingerprint density at radius 3 is 2.63 bits per heavy atom. The number of aliphatic hydroxyl groups excluding tert-OH is 1. The summed E-state index contributed by atoms with van der Waals surface area (Å²) in [7, 11) is 0. The summed E-state index contributed by atoms with van der Waals surface area (Å²) in [6.45, 7) is 7.51. The summed E-state index contributed by atoms with van der Waals surface area (Å²) in [5.41, 5.74) is 4.62. The van der Waals surface area contributed by atoms with Crippen LogP contribution in [-0.2, 0) is 19.0 Å². The van der Waals surface area contributed by atoms with Crippen LogP contribution in [0.1, 0.15) is 66.0 Å². The number of fused-ring (bicyclic) bond motifs is 1. The van der Waals surface area contributed by atoms with E-state index in [9.17, 15) is 14.3 Å². The van der Waals surface area contributed by atoms with Gasteiger partial charge in [-0.15, -0.1) is 6.42 Å². The molecule has 192 valence electrons. The minimum Gasteiger partial charge on any atom is -0.458 e. The van der Waals surface area contributed by atoms with Crippen LogP contribution in [-0.4, -0.2) is 55.2 Å². The average molecular weight is 492 g/mol. The third-order valence-corrected chi connectivity index (χ3v) is 6.76. The second-order valence-electron chi connectivity index (χ2n) is 8.76.